The zero-order valence-electron chi connectivity index (χ0n) is 11.0. The molecule has 0 fully saturated rings. The monoisotopic (exact) mass is 242 g/mol. The maximum Gasteiger partial charge on any atom is 0.121 e. The van der Waals surface area contributed by atoms with Gasteiger partial charge in [0.15, 0.2) is 0 Å². The molecule has 0 aliphatic heterocycles. The van der Waals surface area contributed by atoms with Crippen LogP contribution in [0, 0.1) is 20.8 Å². The molecule has 0 bridgehead atoms. The molecule has 0 spiro atoms. The first-order chi connectivity index (χ1) is 8.47. The number of hydrogen-bond donors (Lipinski definition) is 2. The molecule has 0 heterocycles. The molecule has 0 saturated carbocycles. The number of phenols is 2. The molecule has 0 aliphatic rings. The molecule has 0 unspecified atom stereocenters. The van der Waals surface area contributed by atoms with Crippen LogP contribution in [0.4, 0.5) is 0 Å². The molecule has 18 heavy (non-hydrogen) atoms. The average molecular weight is 242 g/mol. The van der Waals surface area contributed by atoms with Gasteiger partial charge in [0.1, 0.15) is 11.5 Å². The van der Waals surface area contributed by atoms with E-state index >= 15 is 0 Å². The van der Waals surface area contributed by atoms with Gasteiger partial charge in [-0.1, -0.05) is 24.3 Å². The second-order valence-corrected chi connectivity index (χ2v) is 4.89. The lowest BCUT2D eigenvalue weighted by Gasteiger charge is -2.09. The van der Waals surface area contributed by atoms with Crippen molar-refractivity contribution in [3.05, 3.63) is 58.1 Å². The largest absolute Gasteiger partial charge is 0.508 e. The van der Waals surface area contributed by atoms with Crippen molar-refractivity contribution in [3.63, 3.8) is 0 Å². The van der Waals surface area contributed by atoms with Gasteiger partial charge in [-0.2, -0.15) is 0 Å². The number of rotatable bonds is 2. The van der Waals surface area contributed by atoms with E-state index in [2.05, 4.69) is 0 Å². The van der Waals surface area contributed by atoms with E-state index in [4.69, 9.17) is 0 Å². The van der Waals surface area contributed by atoms with E-state index in [1.54, 1.807) is 6.07 Å². The second kappa shape index (κ2) is 4.73. The van der Waals surface area contributed by atoms with E-state index in [0.717, 1.165) is 27.8 Å². The molecule has 0 saturated heterocycles. The summed E-state index contributed by atoms with van der Waals surface area (Å²) in [6, 6.07) is 9.64. The SMILES string of the molecule is Cc1ccc(Cc2cc(C)c(O)c(C)c2)c(O)c1. The fraction of sp³-hybridized carbons (Fsp3) is 0.250. The number of benzene rings is 2. The highest BCUT2D eigenvalue weighted by Gasteiger charge is 2.07. The Morgan fingerprint density at radius 3 is 2.06 bits per heavy atom. The smallest absolute Gasteiger partial charge is 0.121 e. The van der Waals surface area contributed by atoms with E-state index < -0.39 is 0 Å². The maximum absolute atomic E-state index is 9.90. The highest BCUT2D eigenvalue weighted by Crippen LogP contribution is 2.27. The summed E-state index contributed by atoms with van der Waals surface area (Å²) in [5, 5.41) is 19.6. The molecule has 94 valence electrons. The summed E-state index contributed by atoms with van der Waals surface area (Å²) in [6.07, 6.45) is 0.675. The number of aryl methyl sites for hydroxylation is 3. The molecule has 2 aromatic carbocycles. The van der Waals surface area contributed by atoms with Crippen molar-refractivity contribution < 1.29 is 10.2 Å². The van der Waals surface area contributed by atoms with Crippen molar-refractivity contribution in [1.82, 2.24) is 0 Å². The van der Waals surface area contributed by atoms with Crippen molar-refractivity contribution in [2.24, 2.45) is 0 Å². The van der Waals surface area contributed by atoms with E-state index in [0.29, 0.717) is 17.9 Å². The summed E-state index contributed by atoms with van der Waals surface area (Å²) in [5.74, 6) is 0.685. The lowest BCUT2D eigenvalue weighted by molar-refractivity contribution is 0.466. The van der Waals surface area contributed by atoms with Crippen LogP contribution in [0.1, 0.15) is 27.8 Å². The Hall–Kier alpha value is -1.96. The van der Waals surface area contributed by atoms with Crippen molar-refractivity contribution in [1.29, 1.82) is 0 Å². The van der Waals surface area contributed by atoms with E-state index in [9.17, 15) is 10.2 Å². The van der Waals surface area contributed by atoms with Crippen molar-refractivity contribution in [2.45, 2.75) is 27.2 Å². The minimum absolute atomic E-state index is 0.332. The lowest BCUT2D eigenvalue weighted by Crippen LogP contribution is -1.92. The summed E-state index contributed by atoms with van der Waals surface area (Å²) >= 11 is 0. The van der Waals surface area contributed by atoms with Crippen LogP contribution in [-0.4, -0.2) is 10.2 Å². The molecule has 0 amide bonds. The molecule has 2 aromatic rings. The topological polar surface area (TPSA) is 40.5 Å². The van der Waals surface area contributed by atoms with E-state index in [1.807, 2.05) is 45.0 Å². The normalized spacial score (nSPS) is 10.6. The third-order valence-corrected chi connectivity index (χ3v) is 3.19. The molecule has 0 aromatic heterocycles. The van der Waals surface area contributed by atoms with Gasteiger partial charge in [0.25, 0.3) is 0 Å². The summed E-state index contributed by atoms with van der Waals surface area (Å²) in [6.45, 7) is 5.74. The van der Waals surface area contributed by atoms with Gasteiger partial charge >= 0.3 is 0 Å². The molecule has 2 nitrogen and oxygen atoms in total. The van der Waals surface area contributed by atoms with Crippen LogP contribution in [-0.2, 0) is 6.42 Å². The summed E-state index contributed by atoms with van der Waals surface area (Å²) < 4.78 is 0. The lowest BCUT2D eigenvalue weighted by atomic mass is 9.98. The molecule has 0 radical (unpaired) electrons. The van der Waals surface area contributed by atoms with Crippen molar-refractivity contribution in [3.8, 4) is 11.5 Å². The van der Waals surface area contributed by atoms with E-state index in [-0.39, 0.29) is 0 Å². The third kappa shape index (κ3) is 2.48. The van der Waals surface area contributed by atoms with Crippen LogP contribution in [0.2, 0.25) is 0 Å². The van der Waals surface area contributed by atoms with Crippen molar-refractivity contribution in [2.75, 3.05) is 0 Å². The Balaban J connectivity index is 2.34. The van der Waals surface area contributed by atoms with Crippen LogP contribution >= 0.6 is 0 Å². The van der Waals surface area contributed by atoms with E-state index in [1.165, 1.54) is 0 Å². The molecule has 2 heteroatoms. The van der Waals surface area contributed by atoms with Crippen molar-refractivity contribution >= 4 is 0 Å². The van der Waals surface area contributed by atoms with Gasteiger partial charge in [-0.3, -0.25) is 0 Å². The van der Waals surface area contributed by atoms with Gasteiger partial charge < -0.3 is 10.2 Å². The third-order valence-electron chi connectivity index (χ3n) is 3.19. The number of aromatic hydroxyl groups is 2. The van der Waals surface area contributed by atoms with Crippen LogP contribution in [0.5, 0.6) is 11.5 Å². The predicted molar refractivity (Wildman–Crippen MR) is 73.2 cm³/mol. The van der Waals surface area contributed by atoms with Gasteiger partial charge in [-0.15, -0.1) is 0 Å². The Morgan fingerprint density at radius 2 is 1.50 bits per heavy atom. The van der Waals surface area contributed by atoms with Gasteiger partial charge in [-0.05, 0) is 54.7 Å². The predicted octanol–water partition coefficient (Wildman–Crippen LogP) is 3.61. The maximum atomic E-state index is 9.90. The van der Waals surface area contributed by atoms with Crippen LogP contribution in [0.25, 0.3) is 0 Å². The van der Waals surface area contributed by atoms with Gasteiger partial charge in [0.2, 0.25) is 0 Å². The standard InChI is InChI=1S/C16H18O2/c1-10-4-5-14(15(17)6-10)9-13-7-11(2)16(18)12(3)8-13/h4-8,17-18H,9H2,1-3H3. The minimum atomic E-state index is 0.332. The molecule has 2 N–H and O–H groups in total. The first-order valence-electron chi connectivity index (χ1n) is 6.05. The Kier molecular flexibility index (Phi) is 3.28. The first-order valence-corrected chi connectivity index (χ1v) is 6.05. The quantitative estimate of drug-likeness (QED) is 0.844. The molecule has 0 atom stereocenters. The Labute approximate surface area is 108 Å². The zero-order chi connectivity index (χ0) is 13.3. The second-order valence-electron chi connectivity index (χ2n) is 4.89. The van der Waals surface area contributed by atoms with Gasteiger partial charge in [-0.25, -0.2) is 0 Å². The average Bonchev–Trinajstić information content (AvgIpc) is 2.29. The first kappa shape index (κ1) is 12.5. The fourth-order valence-corrected chi connectivity index (χ4v) is 2.19. The highest BCUT2D eigenvalue weighted by atomic mass is 16.3. The fourth-order valence-electron chi connectivity index (χ4n) is 2.19. The summed E-state index contributed by atoms with van der Waals surface area (Å²) in [4.78, 5) is 0. The van der Waals surface area contributed by atoms with Crippen LogP contribution in [0.3, 0.4) is 0 Å². The zero-order valence-corrected chi connectivity index (χ0v) is 11.0. The molecule has 0 aliphatic carbocycles. The minimum Gasteiger partial charge on any atom is -0.508 e. The van der Waals surface area contributed by atoms with Gasteiger partial charge in [0, 0.05) is 6.42 Å². The summed E-state index contributed by atoms with van der Waals surface area (Å²) in [7, 11) is 0. The molecular formula is C16H18O2. The number of hydrogen-bond acceptors (Lipinski definition) is 2. The highest BCUT2D eigenvalue weighted by molar-refractivity contribution is 5.45. The molecular weight excluding hydrogens is 224 g/mol. The van der Waals surface area contributed by atoms with Gasteiger partial charge in [0.05, 0.1) is 0 Å². The number of phenolic OH excluding ortho intramolecular Hbond substituents is 2. The Bertz CT molecular complexity index is 563. The molecule has 2 rings (SSSR count). The van der Waals surface area contributed by atoms with Crippen LogP contribution in [0.15, 0.2) is 30.3 Å². The summed E-state index contributed by atoms with van der Waals surface area (Å²) in [5.41, 5.74) is 4.80. The van der Waals surface area contributed by atoms with Crippen LogP contribution < -0.4 is 0 Å². The Morgan fingerprint density at radius 1 is 0.889 bits per heavy atom.